The van der Waals surface area contributed by atoms with Gasteiger partial charge in [-0.25, -0.2) is 9.18 Å². The van der Waals surface area contributed by atoms with Crippen molar-refractivity contribution in [3.05, 3.63) is 52.3 Å². The molecule has 8 heteroatoms. The highest BCUT2D eigenvalue weighted by Gasteiger charge is 2.12. The average molecular weight is 410 g/mol. The Kier molecular flexibility index (Phi) is 6.35. The van der Waals surface area contributed by atoms with Crippen molar-refractivity contribution in [2.45, 2.75) is 6.92 Å². The molecular formula is C17H17BrFN3O3. The number of ether oxygens (including phenoxy) is 1. The number of amides is 3. The highest BCUT2D eigenvalue weighted by molar-refractivity contribution is 9.10. The monoisotopic (exact) mass is 409 g/mol. The molecular weight excluding hydrogens is 393 g/mol. The SMILES string of the molecule is COc1cc(Br)cc(C)c1NC(=O)NCC(=O)Nc1ccc(F)cc1. The normalized spacial score (nSPS) is 10.1. The van der Waals surface area contributed by atoms with E-state index in [0.29, 0.717) is 17.1 Å². The molecule has 25 heavy (non-hydrogen) atoms. The van der Waals surface area contributed by atoms with Crippen molar-refractivity contribution in [3.63, 3.8) is 0 Å². The molecule has 6 nitrogen and oxygen atoms in total. The summed E-state index contributed by atoms with van der Waals surface area (Å²) in [7, 11) is 1.50. The van der Waals surface area contributed by atoms with Gasteiger partial charge in [0.1, 0.15) is 11.6 Å². The van der Waals surface area contributed by atoms with Crippen LogP contribution in [0.2, 0.25) is 0 Å². The maximum absolute atomic E-state index is 12.8. The molecule has 2 aromatic carbocycles. The van der Waals surface area contributed by atoms with Gasteiger partial charge in [0.05, 0.1) is 19.3 Å². The summed E-state index contributed by atoms with van der Waals surface area (Å²) in [6.45, 7) is 1.59. The van der Waals surface area contributed by atoms with E-state index in [1.165, 1.54) is 31.4 Å². The molecule has 0 heterocycles. The van der Waals surface area contributed by atoms with E-state index in [4.69, 9.17) is 4.74 Å². The second-order valence-electron chi connectivity index (χ2n) is 5.16. The van der Waals surface area contributed by atoms with E-state index in [2.05, 4.69) is 31.9 Å². The maximum Gasteiger partial charge on any atom is 0.319 e. The van der Waals surface area contributed by atoms with Crippen LogP contribution in [-0.4, -0.2) is 25.6 Å². The lowest BCUT2D eigenvalue weighted by Crippen LogP contribution is -2.36. The fraction of sp³-hybridized carbons (Fsp3) is 0.176. The van der Waals surface area contributed by atoms with Crippen LogP contribution >= 0.6 is 15.9 Å². The van der Waals surface area contributed by atoms with E-state index in [9.17, 15) is 14.0 Å². The van der Waals surface area contributed by atoms with Crippen LogP contribution in [0, 0.1) is 12.7 Å². The van der Waals surface area contributed by atoms with Gasteiger partial charge in [-0.2, -0.15) is 0 Å². The molecule has 2 rings (SSSR count). The third-order valence-corrected chi connectivity index (χ3v) is 3.72. The van der Waals surface area contributed by atoms with E-state index >= 15 is 0 Å². The number of nitrogens with one attached hydrogen (secondary N) is 3. The van der Waals surface area contributed by atoms with Crippen molar-refractivity contribution in [3.8, 4) is 5.75 Å². The summed E-state index contributed by atoms with van der Waals surface area (Å²) in [5, 5.41) is 7.66. The van der Waals surface area contributed by atoms with E-state index in [0.717, 1.165) is 10.0 Å². The zero-order valence-electron chi connectivity index (χ0n) is 13.7. The quantitative estimate of drug-likeness (QED) is 0.704. The fourth-order valence-corrected chi connectivity index (χ4v) is 2.64. The summed E-state index contributed by atoms with van der Waals surface area (Å²) in [5.74, 6) is -0.326. The Labute approximate surface area is 152 Å². The lowest BCUT2D eigenvalue weighted by atomic mass is 10.2. The van der Waals surface area contributed by atoms with Gasteiger partial charge >= 0.3 is 6.03 Å². The summed E-state index contributed by atoms with van der Waals surface area (Å²) in [6, 6.07) is 8.35. The summed E-state index contributed by atoms with van der Waals surface area (Å²) in [4.78, 5) is 23.8. The molecule has 3 N–H and O–H groups in total. The summed E-state index contributed by atoms with van der Waals surface area (Å²) < 4.78 is 18.9. The molecule has 0 aromatic heterocycles. The minimum absolute atomic E-state index is 0.235. The number of carbonyl (C=O) groups excluding carboxylic acids is 2. The topological polar surface area (TPSA) is 79.5 Å². The molecule has 0 bridgehead atoms. The largest absolute Gasteiger partial charge is 0.495 e. The Morgan fingerprint density at radius 3 is 2.48 bits per heavy atom. The van der Waals surface area contributed by atoms with Gasteiger partial charge in [0, 0.05) is 10.2 Å². The van der Waals surface area contributed by atoms with Crippen molar-refractivity contribution in [1.82, 2.24) is 5.32 Å². The predicted molar refractivity (Wildman–Crippen MR) is 97.5 cm³/mol. The number of aryl methyl sites for hydroxylation is 1. The third-order valence-electron chi connectivity index (χ3n) is 3.26. The number of methoxy groups -OCH3 is 1. The molecule has 0 atom stereocenters. The molecule has 0 saturated carbocycles. The fourth-order valence-electron chi connectivity index (χ4n) is 2.09. The van der Waals surface area contributed by atoms with Crippen LogP contribution in [0.4, 0.5) is 20.6 Å². The van der Waals surface area contributed by atoms with Crippen molar-refractivity contribution in [2.75, 3.05) is 24.3 Å². The molecule has 0 saturated heterocycles. The van der Waals surface area contributed by atoms with Gasteiger partial charge in [-0.3, -0.25) is 4.79 Å². The van der Waals surface area contributed by atoms with Crippen LogP contribution in [0.3, 0.4) is 0 Å². The lowest BCUT2D eigenvalue weighted by Gasteiger charge is -2.14. The van der Waals surface area contributed by atoms with Crippen LogP contribution in [0.25, 0.3) is 0 Å². The lowest BCUT2D eigenvalue weighted by molar-refractivity contribution is -0.115. The van der Waals surface area contributed by atoms with Gasteiger partial charge in [-0.15, -0.1) is 0 Å². The van der Waals surface area contributed by atoms with Crippen LogP contribution in [0.15, 0.2) is 40.9 Å². The Morgan fingerprint density at radius 2 is 1.84 bits per heavy atom. The van der Waals surface area contributed by atoms with Crippen molar-refractivity contribution < 1.29 is 18.7 Å². The van der Waals surface area contributed by atoms with Crippen LogP contribution in [-0.2, 0) is 4.79 Å². The minimum atomic E-state index is -0.544. The van der Waals surface area contributed by atoms with Crippen molar-refractivity contribution in [2.24, 2.45) is 0 Å². The molecule has 0 unspecified atom stereocenters. The molecule has 0 spiro atoms. The number of hydrogen-bond donors (Lipinski definition) is 3. The maximum atomic E-state index is 12.8. The predicted octanol–water partition coefficient (Wildman–Crippen LogP) is 3.67. The first-order valence-electron chi connectivity index (χ1n) is 7.33. The number of benzene rings is 2. The van der Waals surface area contributed by atoms with Gasteiger partial charge in [-0.1, -0.05) is 15.9 Å². The molecule has 0 aliphatic carbocycles. The number of carbonyl (C=O) groups is 2. The van der Waals surface area contributed by atoms with E-state index in [1.807, 2.05) is 13.0 Å². The molecule has 2 aromatic rings. The van der Waals surface area contributed by atoms with Crippen molar-refractivity contribution in [1.29, 1.82) is 0 Å². The summed E-state index contributed by atoms with van der Waals surface area (Å²) in [6.07, 6.45) is 0. The summed E-state index contributed by atoms with van der Waals surface area (Å²) >= 11 is 3.36. The zero-order valence-corrected chi connectivity index (χ0v) is 15.2. The first kappa shape index (κ1) is 18.7. The van der Waals surface area contributed by atoms with Crippen LogP contribution in [0.5, 0.6) is 5.75 Å². The molecule has 3 amide bonds. The first-order chi connectivity index (χ1) is 11.9. The Bertz CT molecular complexity index is 781. The van der Waals surface area contributed by atoms with E-state index in [-0.39, 0.29) is 6.54 Å². The van der Waals surface area contributed by atoms with Gasteiger partial charge < -0.3 is 20.7 Å². The standard InChI is InChI=1S/C17H17BrFN3O3/c1-10-7-11(18)8-14(25-2)16(10)22-17(24)20-9-15(23)21-13-5-3-12(19)4-6-13/h3-8H,9H2,1-2H3,(H,21,23)(H2,20,22,24). The number of rotatable bonds is 5. The van der Waals surface area contributed by atoms with Crippen molar-refractivity contribution >= 4 is 39.2 Å². The molecule has 0 radical (unpaired) electrons. The second-order valence-corrected chi connectivity index (χ2v) is 6.08. The zero-order chi connectivity index (χ0) is 18.4. The third kappa shape index (κ3) is 5.46. The first-order valence-corrected chi connectivity index (χ1v) is 8.12. The number of halogens is 2. The second kappa shape index (κ2) is 8.48. The minimum Gasteiger partial charge on any atom is -0.495 e. The molecule has 0 aliphatic rings. The van der Waals surface area contributed by atoms with Gasteiger partial charge in [0.25, 0.3) is 0 Å². The van der Waals surface area contributed by atoms with E-state index in [1.54, 1.807) is 6.07 Å². The Hall–Kier alpha value is -2.61. The van der Waals surface area contributed by atoms with Gasteiger partial charge in [0.2, 0.25) is 5.91 Å². The molecule has 132 valence electrons. The molecule has 0 fully saturated rings. The van der Waals surface area contributed by atoms with E-state index < -0.39 is 17.8 Å². The summed E-state index contributed by atoms with van der Waals surface area (Å²) in [5.41, 5.74) is 1.76. The Balaban J connectivity index is 1.90. The average Bonchev–Trinajstić information content (AvgIpc) is 2.57. The smallest absolute Gasteiger partial charge is 0.319 e. The highest BCUT2D eigenvalue weighted by Crippen LogP contribution is 2.31. The Morgan fingerprint density at radius 1 is 1.16 bits per heavy atom. The van der Waals surface area contributed by atoms with Gasteiger partial charge in [-0.05, 0) is 48.9 Å². The van der Waals surface area contributed by atoms with Crippen LogP contribution in [0.1, 0.15) is 5.56 Å². The number of urea groups is 1. The number of hydrogen-bond acceptors (Lipinski definition) is 3. The highest BCUT2D eigenvalue weighted by atomic mass is 79.9. The van der Waals surface area contributed by atoms with Crippen LogP contribution < -0.4 is 20.7 Å². The number of anilines is 2. The van der Waals surface area contributed by atoms with Gasteiger partial charge in [0.15, 0.2) is 0 Å². The molecule has 0 aliphatic heterocycles.